The molecule has 1 unspecified atom stereocenters. The maximum absolute atomic E-state index is 13.4. The minimum atomic E-state index is -2.94. The zero-order valence-corrected chi connectivity index (χ0v) is 17.8. The topological polar surface area (TPSA) is 182 Å². The van der Waals surface area contributed by atoms with E-state index < -0.39 is 76.3 Å². The number of benzene rings is 1. The van der Waals surface area contributed by atoms with E-state index in [4.69, 9.17) is 5.73 Å². The smallest absolute Gasteiger partial charge is 0.255 e. The molecular weight excluding hydrogens is 420 g/mol. The minimum absolute atomic E-state index is 0.0889. The van der Waals surface area contributed by atoms with Crippen molar-refractivity contribution in [2.75, 3.05) is 14.1 Å². The Morgan fingerprint density at radius 1 is 1.06 bits per heavy atom. The summed E-state index contributed by atoms with van der Waals surface area (Å²) >= 11 is 0. The zero-order valence-electron chi connectivity index (χ0n) is 17.8. The highest BCUT2D eigenvalue weighted by Crippen LogP contribution is 2.58. The van der Waals surface area contributed by atoms with E-state index >= 15 is 0 Å². The molecule has 1 aromatic carbocycles. The molecule has 4 rings (SSSR count). The monoisotopic (exact) mass is 446 g/mol. The molecule has 7 atom stereocenters. The van der Waals surface area contributed by atoms with E-state index in [0.717, 1.165) is 0 Å². The van der Waals surface area contributed by atoms with Gasteiger partial charge in [0.1, 0.15) is 17.1 Å². The summed E-state index contributed by atoms with van der Waals surface area (Å²) in [5.41, 5.74) is 4.86. The van der Waals surface area contributed by atoms with Crippen LogP contribution >= 0.6 is 0 Å². The molecule has 0 saturated heterocycles. The molecule has 1 aromatic rings. The number of ketones is 2. The van der Waals surface area contributed by atoms with Crippen LogP contribution in [0.5, 0.6) is 5.75 Å². The summed E-state index contributed by atoms with van der Waals surface area (Å²) < 4.78 is 0. The second-order valence-corrected chi connectivity index (χ2v) is 9.18. The Bertz CT molecular complexity index is 1060. The average molecular weight is 446 g/mol. The van der Waals surface area contributed by atoms with Crippen LogP contribution in [0.4, 0.5) is 0 Å². The molecule has 3 aliphatic rings. The number of carbonyl (C=O) groups excluding carboxylic acids is 3. The normalized spacial score (nSPS) is 35.9. The number of amides is 1. The number of aliphatic hydroxyl groups is 4. The molecule has 10 nitrogen and oxygen atoms in total. The third-order valence-electron chi connectivity index (χ3n) is 7.38. The Morgan fingerprint density at radius 3 is 2.25 bits per heavy atom. The van der Waals surface area contributed by atoms with Crippen LogP contribution in [0.3, 0.4) is 0 Å². The number of primary amides is 1. The number of nitrogens with two attached hydrogens (primary N) is 1. The second-order valence-electron chi connectivity index (χ2n) is 9.18. The predicted molar refractivity (Wildman–Crippen MR) is 109 cm³/mol. The fourth-order valence-electron chi connectivity index (χ4n) is 6.11. The fourth-order valence-corrected chi connectivity index (χ4v) is 6.11. The number of aliphatic hydroxyl groups excluding tert-OH is 2. The molecule has 10 heteroatoms. The summed E-state index contributed by atoms with van der Waals surface area (Å²) in [4.78, 5) is 39.8. The number of Topliss-reactive ketones (excluding diaryl/α,β-unsaturated/α-hetero) is 2. The Hall–Kier alpha value is -2.79. The molecule has 172 valence electrons. The van der Waals surface area contributed by atoms with Gasteiger partial charge in [-0.1, -0.05) is 19.1 Å². The summed E-state index contributed by atoms with van der Waals surface area (Å²) in [5.74, 6) is -13.4. The van der Waals surface area contributed by atoms with E-state index in [2.05, 4.69) is 0 Å². The molecule has 0 heterocycles. The van der Waals surface area contributed by atoms with Crippen LogP contribution in [0.15, 0.2) is 29.5 Å². The molecule has 0 aliphatic heterocycles. The number of fused-ring (bicyclic) bond motifs is 3. The first-order chi connectivity index (χ1) is 14.8. The first kappa shape index (κ1) is 22.4. The lowest BCUT2D eigenvalue weighted by molar-refractivity contribution is -0.287. The lowest BCUT2D eigenvalue weighted by atomic mass is 9.51. The summed E-state index contributed by atoms with van der Waals surface area (Å²) in [7, 11) is 3.03. The third-order valence-corrected chi connectivity index (χ3v) is 7.38. The maximum Gasteiger partial charge on any atom is 0.255 e. The van der Waals surface area contributed by atoms with Gasteiger partial charge in [-0.15, -0.1) is 0 Å². The third kappa shape index (κ3) is 2.70. The van der Waals surface area contributed by atoms with E-state index in [-0.39, 0.29) is 11.3 Å². The van der Waals surface area contributed by atoms with Gasteiger partial charge in [-0.2, -0.15) is 0 Å². The highest BCUT2D eigenvalue weighted by Gasteiger charge is 2.68. The molecule has 1 fully saturated rings. The van der Waals surface area contributed by atoms with Crippen LogP contribution in [0.25, 0.3) is 0 Å². The van der Waals surface area contributed by atoms with Crippen LogP contribution < -0.4 is 5.73 Å². The Kier molecular flexibility index (Phi) is 4.98. The summed E-state index contributed by atoms with van der Waals surface area (Å²) in [6.45, 7) is 1.68. The highest BCUT2D eigenvalue weighted by molar-refractivity contribution is 6.21. The standard InChI is InChI=1S/C22H26N2O8/c1-7-8-5-4-6-9(25)11(8)18(27)14-10(7)17(26)12-15(22(14,31)32)19(28)13(21(23)30)20(29)16(12)24(2)3/h4-7,10,12,14-17,25-26,28,31-32H,1-3H3,(H2,23,30)/t7-,10-,12-,14?,15-,16+,17+/m1/s1. The van der Waals surface area contributed by atoms with Crippen molar-refractivity contribution < 1.29 is 39.9 Å². The molecular formula is C22H26N2O8. The van der Waals surface area contributed by atoms with Crippen molar-refractivity contribution in [3.8, 4) is 5.75 Å². The van der Waals surface area contributed by atoms with Gasteiger partial charge in [0, 0.05) is 11.8 Å². The Balaban J connectivity index is 1.99. The van der Waals surface area contributed by atoms with Crippen LogP contribution in [-0.4, -0.2) is 79.9 Å². The number of carbonyl (C=O) groups is 3. The Labute approximate surface area is 183 Å². The van der Waals surface area contributed by atoms with Crippen molar-refractivity contribution in [2.45, 2.75) is 30.8 Å². The van der Waals surface area contributed by atoms with E-state index in [9.17, 15) is 39.9 Å². The number of aromatic hydroxyl groups is 1. The van der Waals surface area contributed by atoms with E-state index in [1.807, 2.05) is 0 Å². The molecule has 0 radical (unpaired) electrons. The largest absolute Gasteiger partial charge is 0.511 e. The van der Waals surface area contributed by atoms with Crippen molar-refractivity contribution in [3.05, 3.63) is 40.7 Å². The number of hydrogen-bond acceptors (Lipinski definition) is 9. The highest BCUT2D eigenvalue weighted by atomic mass is 16.5. The van der Waals surface area contributed by atoms with Crippen molar-refractivity contribution in [1.82, 2.24) is 4.90 Å². The fraction of sp³-hybridized carbons (Fsp3) is 0.500. The molecule has 0 spiro atoms. The number of nitrogens with zero attached hydrogens (tertiary/aromatic N) is 1. The second kappa shape index (κ2) is 7.11. The van der Waals surface area contributed by atoms with Crippen LogP contribution in [0.1, 0.15) is 28.8 Å². The number of phenols is 1. The van der Waals surface area contributed by atoms with Gasteiger partial charge in [0.05, 0.1) is 29.5 Å². The SMILES string of the molecule is C[C@@H]1c2cccc(O)c2C(=O)C2[C@@H]1[C@H](O)[C@H]1[C@H](N(C)C)C(=O)C(C(N)=O)=C(O)[C@@H]1C2(O)O. The van der Waals surface area contributed by atoms with E-state index in [0.29, 0.717) is 5.56 Å². The molecule has 7 N–H and O–H groups in total. The number of likely N-dealkylation sites (N-methyl/N-ethyl adjacent to an activating group) is 1. The Morgan fingerprint density at radius 2 is 1.69 bits per heavy atom. The van der Waals surface area contributed by atoms with E-state index in [1.165, 1.54) is 25.1 Å². The predicted octanol–water partition coefficient (Wildman–Crippen LogP) is -0.977. The summed E-state index contributed by atoms with van der Waals surface area (Å²) in [6, 6.07) is 3.25. The van der Waals surface area contributed by atoms with Gasteiger partial charge in [-0.25, -0.2) is 0 Å². The first-order valence-electron chi connectivity index (χ1n) is 10.3. The first-order valence-corrected chi connectivity index (χ1v) is 10.3. The molecule has 0 bridgehead atoms. The van der Waals surface area contributed by atoms with Crippen LogP contribution in [0.2, 0.25) is 0 Å². The summed E-state index contributed by atoms with van der Waals surface area (Å²) in [6.07, 6.45) is -1.43. The maximum atomic E-state index is 13.4. The zero-order chi connectivity index (χ0) is 23.9. The molecule has 3 aliphatic carbocycles. The van der Waals surface area contributed by atoms with Crippen molar-refractivity contribution in [1.29, 1.82) is 0 Å². The van der Waals surface area contributed by atoms with Gasteiger partial charge in [-0.05, 0) is 31.6 Å². The minimum Gasteiger partial charge on any atom is -0.511 e. The molecule has 1 amide bonds. The van der Waals surface area contributed by atoms with Gasteiger partial charge in [0.25, 0.3) is 5.91 Å². The van der Waals surface area contributed by atoms with Crippen molar-refractivity contribution in [3.63, 3.8) is 0 Å². The number of phenolic OH excluding ortho intramolecular Hbond substituents is 1. The molecule has 1 saturated carbocycles. The quantitative estimate of drug-likeness (QED) is 0.246. The van der Waals surface area contributed by atoms with Crippen LogP contribution in [0, 0.1) is 23.7 Å². The summed E-state index contributed by atoms with van der Waals surface area (Å²) in [5, 5.41) is 55.1. The van der Waals surface area contributed by atoms with Crippen molar-refractivity contribution >= 4 is 17.5 Å². The van der Waals surface area contributed by atoms with Gasteiger partial charge >= 0.3 is 0 Å². The van der Waals surface area contributed by atoms with Crippen LogP contribution in [-0.2, 0) is 9.59 Å². The number of rotatable bonds is 2. The lowest BCUT2D eigenvalue weighted by Crippen LogP contribution is -2.70. The van der Waals surface area contributed by atoms with Gasteiger partial charge in [0.2, 0.25) is 0 Å². The van der Waals surface area contributed by atoms with Gasteiger partial charge in [0.15, 0.2) is 17.4 Å². The van der Waals surface area contributed by atoms with Crippen molar-refractivity contribution in [2.24, 2.45) is 29.4 Å². The lowest BCUT2D eigenvalue weighted by Gasteiger charge is -2.58. The van der Waals surface area contributed by atoms with Gasteiger partial charge < -0.3 is 31.3 Å². The average Bonchev–Trinajstić information content (AvgIpc) is 2.67. The number of hydrogen-bond donors (Lipinski definition) is 6. The van der Waals surface area contributed by atoms with Gasteiger partial charge in [-0.3, -0.25) is 19.3 Å². The molecule has 32 heavy (non-hydrogen) atoms. The van der Waals surface area contributed by atoms with E-state index in [1.54, 1.807) is 19.1 Å². The molecule has 0 aromatic heterocycles.